The molecule has 2 aromatic rings. The number of hydrogen-bond acceptors (Lipinski definition) is 4. The first-order valence-corrected chi connectivity index (χ1v) is 10.9. The summed E-state index contributed by atoms with van der Waals surface area (Å²) in [5.41, 5.74) is -0.790. The molecule has 168 valence electrons. The Morgan fingerprint density at radius 3 is 2.03 bits per heavy atom. The molecule has 1 heterocycles. The summed E-state index contributed by atoms with van der Waals surface area (Å²) in [6.45, 7) is 3.47. The van der Waals surface area contributed by atoms with Gasteiger partial charge in [0.05, 0.1) is 22.2 Å². The molecule has 2 aromatic carbocycles. The van der Waals surface area contributed by atoms with E-state index in [2.05, 4.69) is 10.6 Å². The van der Waals surface area contributed by atoms with E-state index in [1.165, 1.54) is 0 Å². The largest absolute Gasteiger partial charge is 0.465 e. The summed E-state index contributed by atoms with van der Waals surface area (Å²) in [5.74, 6) is -2.08. The van der Waals surface area contributed by atoms with Crippen LogP contribution < -0.4 is 10.6 Å². The van der Waals surface area contributed by atoms with Crippen molar-refractivity contribution >= 4 is 34.8 Å². The zero-order valence-electron chi connectivity index (χ0n) is 18.3. The molecular weight excluding hydrogens is 420 g/mol. The molecule has 2 fully saturated rings. The van der Waals surface area contributed by atoms with E-state index >= 15 is 0 Å². The molecule has 0 aromatic heterocycles. The number of fused-ring (bicyclic) bond motifs is 5. The Balaban J connectivity index is 1.85. The topological polar surface area (TPSA) is 113 Å². The highest BCUT2D eigenvalue weighted by Crippen LogP contribution is 2.78. The van der Waals surface area contributed by atoms with Crippen LogP contribution in [0.15, 0.2) is 60.7 Å². The van der Waals surface area contributed by atoms with E-state index in [4.69, 9.17) is 5.11 Å². The minimum Gasteiger partial charge on any atom is -0.465 e. The SMILES string of the molecule is CC12C(=O)C(C)(C(c3ccccc3)=C1c1ccccc1)C1(CCNC(=O)O)C(=O)NC(=O)C21. The Kier molecular flexibility index (Phi) is 4.40. The molecule has 5 rings (SSSR count). The second kappa shape index (κ2) is 6.88. The summed E-state index contributed by atoms with van der Waals surface area (Å²) in [6, 6.07) is 19.0. The van der Waals surface area contributed by atoms with E-state index in [0.717, 1.165) is 22.3 Å². The lowest BCUT2D eigenvalue weighted by Crippen LogP contribution is -2.50. The number of ketones is 1. The van der Waals surface area contributed by atoms with Crippen molar-refractivity contribution in [3.63, 3.8) is 0 Å². The first-order chi connectivity index (χ1) is 15.7. The van der Waals surface area contributed by atoms with Crippen molar-refractivity contribution in [1.82, 2.24) is 10.6 Å². The van der Waals surface area contributed by atoms with Gasteiger partial charge in [-0.3, -0.25) is 19.7 Å². The van der Waals surface area contributed by atoms with Crippen molar-refractivity contribution in [2.75, 3.05) is 6.54 Å². The first-order valence-electron chi connectivity index (χ1n) is 10.9. The van der Waals surface area contributed by atoms with Crippen molar-refractivity contribution in [3.05, 3.63) is 71.8 Å². The number of allylic oxidation sites excluding steroid dienone is 2. The Hall–Kier alpha value is -3.74. The van der Waals surface area contributed by atoms with Crippen LogP contribution in [0, 0.1) is 22.2 Å². The predicted octanol–water partition coefficient (Wildman–Crippen LogP) is 3.12. The maximum Gasteiger partial charge on any atom is 0.404 e. The van der Waals surface area contributed by atoms with Gasteiger partial charge in [-0.1, -0.05) is 60.7 Å². The average Bonchev–Trinajstić information content (AvgIpc) is 3.23. The Bertz CT molecular complexity index is 1240. The molecule has 7 heteroatoms. The number of amides is 3. The summed E-state index contributed by atoms with van der Waals surface area (Å²) in [4.78, 5) is 52.1. The number of benzene rings is 2. The lowest BCUT2D eigenvalue weighted by Gasteiger charge is -2.45. The lowest BCUT2D eigenvalue weighted by atomic mass is 9.53. The van der Waals surface area contributed by atoms with E-state index in [1.807, 2.05) is 60.7 Å². The molecule has 1 saturated heterocycles. The van der Waals surface area contributed by atoms with Crippen LogP contribution in [0.3, 0.4) is 0 Å². The average molecular weight is 444 g/mol. The molecule has 2 bridgehead atoms. The number of nitrogens with one attached hydrogen (secondary N) is 2. The van der Waals surface area contributed by atoms with E-state index in [-0.39, 0.29) is 18.7 Å². The number of carbonyl (C=O) groups excluding carboxylic acids is 3. The van der Waals surface area contributed by atoms with Crippen LogP contribution in [0.1, 0.15) is 31.4 Å². The van der Waals surface area contributed by atoms with Gasteiger partial charge in [0, 0.05) is 6.54 Å². The number of carboxylic acid groups (broad SMARTS) is 1. The molecular formula is C26H24N2O5. The van der Waals surface area contributed by atoms with Crippen molar-refractivity contribution in [3.8, 4) is 0 Å². The van der Waals surface area contributed by atoms with Crippen LogP contribution >= 0.6 is 0 Å². The normalized spacial score (nSPS) is 32.2. The van der Waals surface area contributed by atoms with Crippen LogP contribution in [-0.4, -0.2) is 35.3 Å². The van der Waals surface area contributed by atoms with Crippen molar-refractivity contribution in [2.24, 2.45) is 22.2 Å². The molecule has 3 amide bonds. The van der Waals surface area contributed by atoms with Gasteiger partial charge in [-0.05, 0) is 42.5 Å². The van der Waals surface area contributed by atoms with Gasteiger partial charge in [-0.15, -0.1) is 0 Å². The van der Waals surface area contributed by atoms with Gasteiger partial charge in [-0.2, -0.15) is 0 Å². The second-order valence-corrected chi connectivity index (χ2v) is 9.34. The van der Waals surface area contributed by atoms with Crippen LogP contribution in [0.25, 0.3) is 11.1 Å². The zero-order chi connectivity index (χ0) is 23.6. The lowest BCUT2D eigenvalue weighted by molar-refractivity contribution is -0.138. The van der Waals surface area contributed by atoms with Crippen LogP contribution in [0.2, 0.25) is 0 Å². The molecule has 4 unspecified atom stereocenters. The molecule has 3 N–H and O–H groups in total. The number of hydrogen-bond donors (Lipinski definition) is 3. The second-order valence-electron chi connectivity index (χ2n) is 9.34. The third kappa shape index (κ3) is 2.39. The first kappa shape index (κ1) is 21.1. The highest BCUT2D eigenvalue weighted by molar-refractivity contribution is 6.31. The zero-order valence-corrected chi connectivity index (χ0v) is 18.3. The fourth-order valence-corrected chi connectivity index (χ4v) is 6.84. The highest BCUT2D eigenvalue weighted by Gasteiger charge is 2.84. The molecule has 7 nitrogen and oxygen atoms in total. The number of carbonyl (C=O) groups is 4. The van der Waals surface area contributed by atoms with Gasteiger partial charge in [0.25, 0.3) is 0 Å². The number of rotatable bonds is 5. The minimum absolute atomic E-state index is 0.0395. The van der Waals surface area contributed by atoms with Gasteiger partial charge in [0.1, 0.15) is 0 Å². The molecule has 3 aliphatic rings. The smallest absolute Gasteiger partial charge is 0.404 e. The fraction of sp³-hybridized carbons (Fsp3) is 0.308. The standard InChI is InChI=1S/C26H24N2O5/c1-24-17(15-9-5-3-6-10-15)18(16-11-7-4-8-12-16)25(2,21(24)30)26(13-14-27-23(32)33)19(24)20(29)28-22(26)31/h3-12,19,27H,13-14H2,1-2H3,(H,32,33)(H,28,29,31). The Labute approximate surface area is 190 Å². The van der Waals surface area contributed by atoms with E-state index in [1.54, 1.807) is 13.8 Å². The third-order valence-electron chi connectivity index (χ3n) is 7.98. The van der Waals surface area contributed by atoms with E-state index < -0.39 is 40.1 Å². The molecule has 2 aliphatic carbocycles. The Morgan fingerprint density at radius 1 is 0.939 bits per heavy atom. The van der Waals surface area contributed by atoms with Gasteiger partial charge < -0.3 is 10.4 Å². The number of Topliss-reactive ketones (excluding diaryl/α,β-unsaturated/α-hetero) is 1. The summed E-state index contributed by atoms with van der Waals surface area (Å²) < 4.78 is 0. The minimum atomic E-state index is -1.39. The van der Waals surface area contributed by atoms with Gasteiger partial charge in [0.2, 0.25) is 11.8 Å². The van der Waals surface area contributed by atoms with Gasteiger partial charge in [-0.25, -0.2) is 4.79 Å². The molecule has 1 saturated carbocycles. The molecule has 0 spiro atoms. The van der Waals surface area contributed by atoms with Gasteiger partial charge in [0.15, 0.2) is 5.78 Å². The molecule has 33 heavy (non-hydrogen) atoms. The third-order valence-corrected chi connectivity index (χ3v) is 7.98. The molecule has 4 atom stereocenters. The summed E-state index contributed by atoms with van der Waals surface area (Å²) in [6.07, 6.45) is -1.18. The monoisotopic (exact) mass is 444 g/mol. The van der Waals surface area contributed by atoms with E-state index in [9.17, 15) is 19.2 Å². The van der Waals surface area contributed by atoms with Crippen LogP contribution in [0.5, 0.6) is 0 Å². The highest BCUT2D eigenvalue weighted by atomic mass is 16.4. The maximum absolute atomic E-state index is 14.3. The fourth-order valence-electron chi connectivity index (χ4n) is 6.84. The summed E-state index contributed by atoms with van der Waals surface area (Å²) in [5, 5.41) is 13.9. The number of imide groups is 1. The van der Waals surface area contributed by atoms with Crippen molar-refractivity contribution in [2.45, 2.75) is 20.3 Å². The van der Waals surface area contributed by atoms with E-state index in [0.29, 0.717) is 0 Å². The van der Waals surface area contributed by atoms with Crippen molar-refractivity contribution < 1.29 is 24.3 Å². The summed E-state index contributed by atoms with van der Waals surface area (Å²) >= 11 is 0. The maximum atomic E-state index is 14.3. The quantitative estimate of drug-likeness (QED) is 0.614. The van der Waals surface area contributed by atoms with Crippen LogP contribution in [0.4, 0.5) is 4.79 Å². The van der Waals surface area contributed by atoms with Crippen LogP contribution in [-0.2, 0) is 14.4 Å². The molecule has 0 radical (unpaired) electrons. The van der Waals surface area contributed by atoms with Crippen molar-refractivity contribution in [1.29, 1.82) is 0 Å². The molecule has 1 aliphatic heterocycles. The van der Waals surface area contributed by atoms with Gasteiger partial charge >= 0.3 is 6.09 Å². The Morgan fingerprint density at radius 2 is 1.48 bits per heavy atom. The predicted molar refractivity (Wildman–Crippen MR) is 121 cm³/mol. The summed E-state index contributed by atoms with van der Waals surface area (Å²) in [7, 11) is 0.